The van der Waals surface area contributed by atoms with Crippen LogP contribution in [-0.4, -0.2) is 0 Å². The van der Waals surface area contributed by atoms with Crippen molar-refractivity contribution in [1.29, 1.82) is 0 Å². The Bertz CT molecular complexity index is 578. The van der Waals surface area contributed by atoms with E-state index in [1.165, 1.54) is 11.1 Å². The Morgan fingerprint density at radius 3 is 2.25 bits per heavy atom. The van der Waals surface area contributed by atoms with E-state index in [1.54, 1.807) is 0 Å². The molecule has 0 amide bonds. The number of benzene rings is 2. The van der Waals surface area contributed by atoms with Crippen molar-refractivity contribution in [1.82, 2.24) is 0 Å². The van der Waals surface area contributed by atoms with E-state index in [0.717, 1.165) is 21.5 Å². The van der Waals surface area contributed by atoms with Gasteiger partial charge < -0.3 is 0 Å². The number of hydrogen-bond donors (Lipinski definition) is 0. The van der Waals surface area contributed by atoms with E-state index in [-0.39, 0.29) is 4.83 Å². The van der Waals surface area contributed by atoms with Crippen molar-refractivity contribution in [2.24, 2.45) is 0 Å². The van der Waals surface area contributed by atoms with Crippen LogP contribution in [0.4, 0.5) is 0 Å². The summed E-state index contributed by atoms with van der Waals surface area (Å²) < 4.78 is 1.04. The molecule has 3 heteroatoms. The lowest BCUT2D eigenvalue weighted by atomic mass is 9.96. The molecule has 0 bridgehead atoms. The van der Waals surface area contributed by atoms with E-state index in [2.05, 4.69) is 76.0 Å². The highest BCUT2D eigenvalue weighted by Crippen LogP contribution is 2.37. The maximum Gasteiger partial charge on any atom is 0.0659 e. The second kappa shape index (κ2) is 7.11. The van der Waals surface area contributed by atoms with Gasteiger partial charge in [0.05, 0.1) is 4.83 Å². The van der Waals surface area contributed by atoms with Crippen molar-refractivity contribution in [3.63, 3.8) is 0 Å². The first kappa shape index (κ1) is 16.1. The van der Waals surface area contributed by atoms with Crippen LogP contribution in [0.1, 0.15) is 47.7 Å². The molecule has 2 unspecified atom stereocenters. The van der Waals surface area contributed by atoms with Crippen molar-refractivity contribution >= 4 is 43.5 Å². The lowest BCUT2D eigenvalue weighted by Crippen LogP contribution is -1.96. The highest BCUT2D eigenvalue weighted by Gasteiger charge is 2.14. The first-order valence-corrected chi connectivity index (χ1v) is 8.80. The van der Waals surface area contributed by atoms with Crippen LogP contribution >= 0.6 is 43.5 Å². The molecule has 2 aromatic rings. The van der Waals surface area contributed by atoms with Crippen LogP contribution in [-0.2, 0) is 0 Å². The van der Waals surface area contributed by atoms with E-state index >= 15 is 0 Å². The molecule has 2 aromatic carbocycles. The second-order valence-corrected chi connectivity index (χ2v) is 7.24. The third-order valence-corrected chi connectivity index (χ3v) is 5.50. The Morgan fingerprint density at radius 2 is 1.65 bits per heavy atom. The van der Waals surface area contributed by atoms with Crippen molar-refractivity contribution in [2.75, 3.05) is 0 Å². The molecule has 0 aliphatic carbocycles. The van der Waals surface area contributed by atoms with Gasteiger partial charge in [0, 0.05) is 9.50 Å². The molecule has 0 saturated heterocycles. The van der Waals surface area contributed by atoms with Gasteiger partial charge in [-0.1, -0.05) is 81.6 Å². The maximum atomic E-state index is 6.29. The third-order valence-electron chi connectivity index (χ3n) is 3.64. The fraction of sp³-hybridized carbons (Fsp3) is 0.294. The Kier molecular flexibility index (Phi) is 5.71. The highest BCUT2D eigenvalue weighted by molar-refractivity contribution is 9.10. The molecule has 0 saturated carbocycles. The van der Waals surface area contributed by atoms with Gasteiger partial charge >= 0.3 is 0 Å². The first-order chi connectivity index (χ1) is 9.52. The lowest BCUT2D eigenvalue weighted by Gasteiger charge is -2.15. The number of rotatable bonds is 4. The molecule has 20 heavy (non-hydrogen) atoms. The summed E-state index contributed by atoms with van der Waals surface area (Å²) in [6.45, 7) is 4.47. The van der Waals surface area contributed by atoms with E-state index < -0.39 is 0 Å². The van der Waals surface area contributed by atoms with Crippen LogP contribution in [0.5, 0.6) is 0 Å². The normalized spacial score (nSPS) is 14.1. The standard InChI is InChI=1S/C17H17Br2Cl/c1-3-11(2)12-4-6-13(7-5-12)17(19)15-10-14(18)8-9-16(15)20/h4-11,17H,3H2,1-2H3. The van der Waals surface area contributed by atoms with Crippen molar-refractivity contribution < 1.29 is 0 Å². The number of halogens is 3. The summed E-state index contributed by atoms with van der Waals surface area (Å²) in [4.78, 5) is 0.110. The lowest BCUT2D eigenvalue weighted by molar-refractivity contribution is 0.733. The number of hydrogen-bond acceptors (Lipinski definition) is 0. The molecule has 2 rings (SSSR count). The average molecular weight is 417 g/mol. The molecule has 106 valence electrons. The van der Waals surface area contributed by atoms with Gasteiger partial charge in [-0.15, -0.1) is 0 Å². The van der Waals surface area contributed by atoms with Crippen LogP contribution in [0, 0.1) is 0 Å². The SMILES string of the molecule is CCC(C)c1ccc(C(Br)c2cc(Br)ccc2Cl)cc1. The van der Waals surface area contributed by atoms with Gasteiger partial charge in [-0.3, -0.25) is 0 Å². The maximum absolute atomic E-state index is 6.29. The topological polar surface area (TPSA) is 0 Å². The summed E-state index contributed by atoms with van der Waals surface area (Å²) in [6, 6.07) is 14.7. The molecular formula is C17H17Br2Cl. The molecule has 0 aliphatic heterocycles. The fourth-order valence-electron chi connectivity index (χ4n) is 2.12. The highest BCUT2D eigenvalue weighted by atomic mass is 79.9. The predicted molar refractivity (Wildman–Crippen MR) is 95.1 cm³/mol. The van der Waals surface area contributed by atoms with Crippen LogP contribution in [0.3, 0.4) is 0 Å². The zero-order valence-corrected chi connectivity index (χ0v) is 15.5. The largest absolute Gasteiger partial charge is 0.0840 e. The minimum absolute atomic E-state index is 0.110. The van der Waals surface area contributed by atoms with Crippen LogP contribution in [0.25, 0.3) is 0 Å². The minimum Gasteiger partial charge on any atom is -0.0840 e. The van der Waals surface area contributed by atoms with Gasteiger partial charge in [0.2, 0.25) is 0 Å². The minimum atomic E-state index is 0.110. The van der Waals surface area contributed by atoms with E-state index in [0.29, 0.717) is 5.92 Å². The van der Waals surface area contributed by atoms with Gasteiger partial charge in [-0.05, 0) is 47.2 Å². The Labute approximate surface area is 142 Å². The fourth-order valence-corrected chi connectivity index (χ4v) is 3.54. The molecule has 0 aliphatic rings. The summed E-state index contributed by atoms with van der Waals surface area (Å²) in [5.74, 6) is 0.604. The van der Waals surface area contributed by atoms with Gasteiger partial charge in [0.1, 0.15) is 0 Å². The molecule has 0 heterocycles. The van der Waals surface area contributed by atoms with Crippen LogP contribution < -0.4 is 0 Å². The van der Waals surface area contributed by atoms with E-state index in [9.17, 15) is 0 Å². The summed E-state index contributed by atoms with van der Waals surface area (Å²) in [5, 5.41) is 0.779. The molecule has 0 radical (unpaired) electrons. The third kappa shape index (κ3) is 3.66. The second-order valence-electron chi connectivity index (χ2n) is 5.00. The van der Waals surface area contributed by atoms with E-state index in [1.807, 2.05) is 12.1 Å². The Balaban J connectivity index is 2.29. The summed E-state index contributed by atoms with van der Waals surface area (Å²) >= 11 is 13.5. The first-order valence-electron chi connectivity index (χ1n) is 6.71. The zero-order chi connectivity index (χ0) is 14.7. The van der Waals surface area contributed by atoms with Gasteiger partial charge in [0.25, 0.3) is 0 Å². The van der Waals surface area contributed by atoms with Gasteiger partial charge in [-0.25, -0.2) is 0 Å². The molecule has 0 aromatic heterocycles. The summed E-state index contributed by atoms with van der Waals surface area (Å²) in [6.07, 6.45) is 1.16. The molecular weight excluding hydrogens is 399 g/mol. The van der Waals surface area contributed by atoms with Gasteiger partial charge in [-0.2, -0.15) is 0 Å². The van der Waals surface area contributed by atoms with Crippen molar-refractivity contribution in [2.45, 2.75) is 31.0 Å². The molecule has 0 spiro atoms. The molecule has 2 atom stereocenters. The Morgan fingerprint density at radius 1 is 1.05 bits per heavy atom. The van der Waals surface area contributed by atoms with Crippen molar-refractivity contribution in [3.05, 3.63) is 68.7 Å². The van der Waals surface area contributed by atoms with Crippen molar-refractivity contribution in [3.8, 4) is 0 Å². The zero-order valence-electron chi connectivity index (χ0n) is 11.5. The van der Waals surface area contributed by atoms with Gasteiger partial charge in [0.15, 0.2) is 0 Å². The average Bonchev–Trinajstić information content (AvgIpc) is 2.48. The number of alkyl halides is 1. The molecule has 0 N–H and O–H groups in total. The molecule has 0 nitrogen and oxygen atoms in total. The monoisotopic (exact) mass is 414 g/mol. The predicted octanol–water partition coefficient (Wildman–Crippen LogP) is 7.10. The van der Waals surface area contributed by atoms with Crippen LogP contribution in [0.2, 0.25) is 5.02 Å². The Hall–Kier alpha value is -0.310. The summed E-state index contributed by atoms with van der Waals surface area (Å²) in [7, 11) is 0. The smallest absolute Gasteiger partial charge is 0.0659 e. The summed E-state index contributed by atoms with van der Waals surface area (Å²) in [5.41, 5.74) is 3.69. The molecule has 0 fully saturated rings. The van der Waals surface area contributed by atoms with Crippen LogP contribution in [0.15, 0.2) is 46.9 Å². The quantitative estimate of drug-likeness (QED) is 0.466. The van der Waals surface area contributed by atoms with E-state index in [4.69, 9.17) is 11.6 Å².